The van der Waals surface area contributed by atoms with E-state index in [4.69, 9.17) is 10.2 Å². The van der Waals surface area contributed by atoms with Crippen molar-refractivity contribution < 1.29 is 4.42 Å². The summed E-state index contributed by atoms with van der Waals surface area (Å²) in [7, 11) is 1.93. The molecular formula is C11H14BrN3O. The van der Waals surface area contributed by atoms with Gasteiger partial charge >= 0.3 is 0 Å². The number of hydrogen-bond acceptors (Lipinski definition) is 3. The predicted octanol–water partition coefficient (Wildman–Crippen LogP) is 2.33. The van der Waals surface area contributed by atoms with Crippen LogP contribution < -0.4 is 5.73 Å². The molecule has 0 fully saturated rings. The van der Waals surface area contributed by atoms with Gasteiger partial charge in [0.25, 0.3) is 0 Å². The number of rotatable bonds is 3. The molecule has 1 unspecified atom stereocenters. The van der Waals surface area contributed by atoms with Crippen molar-refractivity contribution in [2.24, 2.45) is 12.8 Å². The highest BCUT2D eigenvalue weighted by molar-refractivity contribution is 9.10. The quantitative estimate of drug-likeness (QED) is 0.941. The first-order valence-electron chi connectivity index (χ1n) is 5.06. The standard InChI is InChI=1S/C11H14BrN3O/c1-7-5-8(15(2)14-7)6-10(13)9-3-4-16-11(9)12/h3-5,10H,6,13H2,1-2H3. The number of furan rings is 1. The second-order valence-electron chi connectivity index (χ2n) is 3.86. The monoisotopic (exact) mass is 283 g/mol. The van der Waals surface area contributed by atoms with Crippen LogP contribution in [0.3, 0.4) is 0 Å². The van der Waals surface area contributed by atoms with Crippen LogP contribution >= 0.6 is 15.9 Å². The molecule has 2 rings (SSSR count). The fourth-order valence-electron chi connectivity index (χ4n) is 1.76. The summed E-state index contributed by atoms with van der Waals surface area (Å²) >= 11 is 3.33. The molecule has 16 heavy (non-hydrogen) atoms. The van der Waals surface area contributed by atoms with Crippen molar-refractivity contribution in [1.29, 1.82) is 0 Å². The van der Waals surface area contributed by atoms with Gasteiger partial charge in [-0.25, -0.2) is 0 Å². The maximum absolute atomic E-state index is 6.12. The molecule has 0 amide bonds. The lowest BCUT2D eigenvalue weighted by Gasteiger charge is -2.09. The Kier molecular flexibility index (Phi) is 3.16. The zero-order valence-electron chi connectivity index (χ0n) is 9.27. The van der Waals surface area contributed by atoms with Gasteiger partial charge in [0, 0.05) is 30.8 Å². The summed E-state index contributed by atoms with van der Waals surface area (Å²) in [6.45, 7) is 1.97. The molecule has 5 heteroatoms. The Balaban J connectivity index is 2.16. The second-order valence-corrected chi connectivity index (χ2v) is 4.58. The Morgan fingerprint density at radius 2 is 2.38 bits per heavy atom. The fourth-order valence-corrected chi connectivity index (χ4v) is 2.29. The number of aromatic nitrogens is 2. The van der Waals surface area contributed by atoms with E-state index in [1.807, 2.05) is 30.8 Å². The van der Waals surface area contributed by atoms with Gasteiger partial charge in [-0.05, 0) is 35.0 Å². The minimum atomic E-state index is -0.0806. The van der Waals surface area contributed by atoms with Crippen molar-refractivity contribution in [2.75, 3.05) is 0 Å². The van der Waals surface area contributed by atoms with Gasteiger partial charge in [-0.2, -0.15) is 5.10 Å². The molecule has 0 aliphatic rings. The molecule has 0 aliphatic carbocycles. The van der Waals surface area contributed by atoms with Crippen molar-refractivity contribution in [2.45, 2.75) is 19.4 Å². The van der Waals surface area contributed by atoms with E-state index in [1.165, 1.54) is 0 Å². The average Bonchev–Trinajstić information content (AvgIpc) is 2.74. The SMILES string of the molecule is Cc1cc(CC(N)c2ccoc2Br)n(C)n1. The van der Waals surface area contributed by atoms with Crippen LogP contribution in [0.1, 0.15) is 23.0 Å². The summed E-state index contributed by atoms with van der Waals surface area (Å²) in [5.41, 5.74) is 9.24. The highest BCUT2D eigenvalue weighted by Crippen LogP contribution is 2.25. The van der Waals surface area contributed by atoms with Gasteiger partial charge < -0.3 is 10.2 Å². The zero-order chi connectivity index (χ0) is 11.7. The lowest BCUT2D eigenvalue weighted by molar-refractivity contribution is 0.529. The lowest BCUT2D eigenvalue weighted by atomic mass is 10.1. The van der Waals surface area contributed by atoms with E-state index in [2.05, 4.69) is 21.0 Å². The van der Waals surface area contributed by atoms with Gasteiger partial charge in [-0.15, -0.1) is 0 Å². The molecule has 2 aromatic rings. The van der Waals surface area contributed by atoms with Crippen LogP contribution in [0.5, 0.6) is 0 Å². The van der Waals surface area contributed by atoms with Crippen LogP contribution in [0.25, 0.3) is 0 Å². The molecule has 4 nitrogen and oxygen atoms in total. The van der Waals surface area contributed by atoms with Gasteiger partial charge in [-0.3, -0.25) is 4.68 Å². The lowest BCUT2D eigenvalue weighted by Crippen LogP contribution is -2.15. The predicted molar refractivity (Wildman–Crippen MR) is 65.0 cm³/mol. The minimum Gasteiger partial charge on any atom is -0.457 e. The number of aryl methyl sites for hydroxylation is 2. The van der Waals surface area contributed by atoms with Crippen molar-refractivity contribution in [3.05, 3.63) is 40.0 Å². The molecule has 0 spiro atoms. The number of nitrogens with zero attached hydrogens (tertiary/aromatic N) is 2. The second kappa shape index (κ2) is 4.43. The Bertz CT molecular complexity index is 489. The largest absolute Gasteiger partial charge is 0.457 e. The summed E-state index contributed by atoms with van der Waals surface area (Å²) in [5, 5.41) is 4.29. The third-order valence-electron chi connectivity index (χ3n) is 2.57. The molecule has 2 N–H and O–H groups in total. The molecule has 2 heterocycles. The summed E-state index contributed by atoms with van der Waals surface area (Å²) in [6, 6.07) is 3.86. The van der Waals surface area contributed by atoms with Crippen molar-refractivity contribution in [3.63, 3.8) is 0 Å². The molecule has 0 aromatic carbocycles. The molecule has 0 radical (unpaired) electrons. The number of halogens is 1. The van der Waals surface area contributed by atoms with Crippen molar-refractivity contribution >= 4 is 15.9 Å². The van der Waals surface area contributed by atoms with E-state index in [0.29, 0.717) is 4.67 Å². The van der Waals surface area contributed by atoms with Crippen LogP contribution in [0, 0.1) is 6.92 Å². The maximum atomic E-state index is 6.12. The van der Waals surface area contributed by atoms with Crippen LogP contribution in [0.15, 0.2) is 27.5 Å². The summed E-state index contributed by atoms with van der Waals surface area (Å²) in [4.78, 5) is 0. The highest BCUT2D eigenvalue weighted by Gasteiger charge is 2.15. The van der Waals surface area contributed by atoms with Crippen LogP contribution in [-0.2, 0) is 13.5 Å². The Morgan fingerprint density at radius 3 is 2.88 bits per heavy atom. The Morgan fingerprint density at radius 1 is 1.62 bits per heavy atom. The van der Waals surface area contributed by atoms with E-state index in [9.17, 15) is 0 Å². The molecule has 86 valence electrons. The van der Waals surface area contributed by atoms with E-state index < -0.39 is 0 Å². The molecule has 0 saturated heterocycles. The first-order chi connectivity index (χ1) is 7.58. The van der Waals surface area contributed by atoms with Crippen LogP contribution in [0.2, 0.25) is 0 Å². The number of hydrogen-bond donors (Lipinski definition) is 1. The molecule has 0 aliphatic heterocycles. The smallest absolute Gasteiger partial charge is 0.173 e. The molecule has 0 saturated carbocycles. The van der Waals surface area contributed by atoms with E-state index >= 15 is 0 Å². The topological polar surface area (TPSA) is 57.0 Å². The zero-order valence-corrected chi connectivity index (χ0v) is 10.9. The van der Waals surface area contributed by atoms with Crippen LogP contribution in [-0.4, -0.2) is 9.78 Å². The average molecular weight is 284 g/mol. The Labute approximate surface area is 103 Å². The first-order valence-corrected chi connectivity index (χ1v) is 5.85. The third-order valence-corrected chi connectivity index (χ3v) is 3.22. The van der Waals surface area contributed by atoms with Gasteiger partial charge in [0.1, 0.15) is 0 Å². The van der Waals surface area contributed by atoms with E-state index in [1.54, 1.807) is 6.26 Å². The Hall–Kier alpha value is -1.07. The van der Waals surface area contributed by atoms with Gasteiger partial charge in [-0.1, -0.05) is 0 Å². The van der Waals surface area contributed by atoms with Crippen LogP contribution in [0.4, 0.5) is 0 Å². The van der Waals surface area contributed by atoms with Gasteiger partial charge in [0.15, 0.2) is 4.67 Å². The van der Waals surface area contributed by atoms with E-state index in [0.717, 1.165) is 23.4 Å². The molecule has 1 atom stereocenters. The molecule has 2 aromatic heterocycles. The highest BCUT2D eigenvalue weighted by atomic mass is 79.9. The molecular weight excluding hydrogens is 270 g/mol. The molecule has 0 bridgehead atoms. The fraction of sp³-hybridized carbons (Fsp3) is 0.364. The van der Waals surface area contributed by atoms with E-state index in [-0.39, 0.29) is 6.04 Å². The van der Waals surface area contributed by atoms with Crippen molar-refractivity contribution in [3.8, 4) is 0 Å². The maximum Gasteiger partial charge on any atom is 0.173 e. The summed E-state index contributed by atoms with van der Waals surface area (Å²) in [6.07, 6.45) is 2.38. The van der Waals surface area contributed by atoms with Gasteiger partial charge in [0.2, 0.25) is 0 Å². The summed E-state index contributed by atoms with van der Waals surface area (Å²) < 4.78 is 7.74. The van der Waals surface area contributed by atoms with Crippen molar-refractivity contribution in [1.82, 2.24) is 9.78 Å². The van der Waals surface area contributed by atoms with Gasteiger partial charge in [0.05, 0.1) is 12.0 Å². The summed E-state index contributed by atoms with van der Waals surface area (Å²) in [5.74, 6) is 0. The normalized spacial score (nSPS) is 13.0. The third kappa shape index (κ3) is 2.20. The minimum absolute atomic E-state index is 0.0806. The number of nitrogens with two attached hydrogens (primary N) is 1. The first kappa shape index (κ1) is 11.4.